The highest BCUT2D eigenvalue weighted by atomic mass is 16.2. The molecule has 0 fully saturated rings. The van der Waals surface area contributed by atoms with Gasteiger partial charge in [-0.15, -0.1) is 0 Å². The molecule has 1 heterocycles. The Bertz CT molecular complexity index is 718. The Morgan fingerprint density at radius 2 is 1.86 bits per heavy atom. The van der Waals surface area contributed by atoms with Crippen LogP contribution in [0, 0.1) is 11.3 Å². The molecule has 1 amide bonds. The molecule has 0 aliphatic carbocycles. The summed E-state index contributed by atoms with van der Waals surface area (Å²) in [4.78, 5) is 14.1. The first-order chi connectivity index (χ1) is 10.3. The number of hydrogen-bond donors (Lipinski definition) is 1. The fourth-order valence-electron chi connectivity index (χ4n) is 2.57. The smallest absolute Gasteiger partial charge is 0.241 e. The van der Waals surface area contributed by atoms with Crippen LogP contribution >= 0.6 is 0 Å². The van der Waals surface area contributed by atoms with Crippen LogP contribution in [0.4, 0.5) is 5.69 Å². The molecule has 4 nitrogen and oxygen atoms in total. The van der Waals surface area contributed by atoms with Gasteiger partial charge in [0.1, 0.15) is 0 Å². The molecular weight excluding hydrogens is 262 g/mol. The van der Waals surface area contributed by atoms with Gasteiger partial charge < -0.3 is 10.2 Å². The van der Waals surface area contributed by atoms with Gasteiger partial charge in [0.05, 0.1) is 24.7 Å². The fourth-order valence-corrected chi connectivity index (χ4v) is 2.57. The standard InChI is InChI=1S/C17H15N3O/c18-9-13-5-1-2-7-15(13)12-20-16-8-4-3-6-14(16)10-19-11-17(20)21/h1-8,19H,10-12H2. The zero-order valence-electron chi connectivity index (χ0n) is 11.5. The topological polar surface area (TPSA) is 56.1 Å². The molecule has 1 aliphatic heterocycles. The van der Waals surface area contributed by atoms with Crippen LogP contribution in [0.2, 0.25) is 0 Å². The SMILES string of the molecule is N#Cc1ccccc1CN1C(=O)CNCc2ccccc21. The van der Waals surface area contributed by atoms with Crippen molar-refractivity contribution >= 4 is 11.6 Å². The van der Waals surface area contributed by atoms with Crippen molar-refractivity contribution in [3.63, 3.8) is 0 Å². The second kappa shape index (κ2) is 5.78. The first kappa shape index (κ1) is 13.3. The Balaban J connectivity index is 2.00. The number of anilines is 1. The molecule has 1 N–H and O–H groups in total. The number of carbonyl (C=O) groups excluding carboxylic acids is 1. The molecule has 104 valence electrons. The first-order valence-corrected chi connectivity index (χ1v) is 6.86. The normalized spacial score (nSPS) is 14.2. The van der Waals surface area contributed by atoms with Gasteiger partial charge in [-0.2, -0.15) is 5.26 Å². The molecular formula is C17H15N3O. The molecule has 0 unspecified atom stereocenters. The zero-order chi connectivity index (χ0) is 14.7. The highest BCUT2D eigenvalue weighted by molar-refractivity contribution is 5.96. The molecule has 0 saturated carbocycles. The minimum absolute atomic E-state index is 0.0210. The first-order valence-electron chi connectivity index (χ1n) is 6.86. The molecule has 2 aromatic carbocycles. The van der Waals surface area contributed by atoms with Crippen LogP contribution in [0.3, 0.4) is 0 Å². The van der Waals surface area contributed by atoms with E-state index >= 15 is 0 Å². The number of nitriles is 1. The van der Waals surface area contributed by atoms with Gasteiger partial charge in [-0.3, -0.25) is 4.79 Å². The van der Waals surface area contributed by atoms with Crippen LogP contribution in [-0.2, 0) is 17.9 Å². The molecule has 21 heavy (non-hydrogen) atoms. The molecule has 0 atom stereocenters. The summed E-state index contributed by atoms with van der Waals surface area (Å²) < 4.78 is 0. The summed E-state index contributed by atoms with van der Waals surface area (Å²) in [5.41, 5.74) is 3.49. The molecule has 0 bridgehead atoms. The maximum absolute atomic E-state index is 12.4. The molecule has 0 spiro atoms. The Morgan fingerprint density at radius 1 is 1.10 bits per heavy atom. The Hall–Kier alpha value is -2.64. The van der Waals surface area contributed by atoms with E-state index in [9.17, 15) is 10.1 Å². The maximum atomic E-state index is 12.4. The van der Waals surface area contributed by atoms with E-state index in [1.807, 2.05) is 42.5 Å². The fraction of sp³-hybridized carbons (Fsp3) is 0.176. The van der Waals surface area contributed by atoms with Gasteiger partial charge in [0.15, 0.2) is 0 Å². The van der Waals surface area contributed by atoms with Gasteiger partial charge in [0.25, 0.3) is 0 Å². The van der Waals surface area contributed by atoms with Gasteiger partial charge in [0.2, 0.25) is 5.91 Å². The third-order valence-corrected chi connectivity index (χ3v) is 3.64. The van der Waals surface area contributed by atoms with E-state index in [4.69, 9.17) is 0 Å². The third kappa shape index (κ3) is 2.64. The second-order valence-electron chi connectivity index (χ2n) is 4.98. The Labute approximate surface area is 123 Å². The zero-order valence-corrected chi connectivity index (χ0v) is 11.5. The number of carbonyl (C=O) groups is 1. The summed E-state index contributed by atoms with van der Waals surface area (Å²) in [6, 6.07) is 17.5. The number of nitrogens with zero attached hydrogens (tertiary/aromatic N) is 2. The van der Waals surface area contributed by atoms with E-state index in [-0.39, 0.29) is 5.91 Å². The largest absolute Gasteiger partial charge is 0.307 e. The summed E-state index contributed by atoms with van der Waals surface area (Å²) in [5, 5.41) is 12.3. The quantitative estimate of drug-likeness (QED) is 0.915. The van der Waals surface area contributed by atoms with Crippen LogP contribution in [0.15, 0.2) is 48.5 Å². The van der Waals surface area contributed by atoms with Crippen molar-refractivity contribution in [1.29, 1.82) is 5.26 Å². The van der Waals surface area contributed by atoms with Crippen molar-refractivity contribution in [2.75, 3.05) is 11.4 Å². The lowest BCUT2D eigenvalue weighted by atomic mass is 10.1. The van der Waals surface area contributed by atoms with E-state index in [0.717, 1.165) is 16.8 Å². The molecule has 2 aromatic rings. The van der Waals surface area contributed by atoms with E-state index < -0.39 is 0 Å². The predicted octanol–water partition coefficient (Wildman–Crippen LogP) is 2.19. The number of rotatable bonds is 2. The third-order valence-electron chi connectivity index (χ3n) is 3.64. The summed E-state index contributed by atoms with van der Waals surface area (Å²) >= 11 is 0. The number of hydrogen-bond acceptors (Lipinski definition) is 3. The molecule has 0 saturated heterocycles. The maximum Gasteiger partial charge on any atom is 0.241 e. The number of benzene rings is 2. The summed E-state index contributed by atoms with van der Waals surface area (Å²) in [6.45, 7) is 1.41. The average Bonchev–Trinajstić information content (AvgIpc) is 2.68. The molecule has 4 heteroatoms. The van der Waals surface area contributed by atoms with Crippen LogP contribution in [0.1, 0.15) is 16.7 Å². The van der Waals surface area contributed by atoms with Crippen molar-refractivity contribution < 1.29 is 4.79 Å². The predicted molar refractivity (Wildman–Crippen MR) is 80.5 cm³/mol. The summed E-state index contributed by atoms with van der Waals surface area (Å²) in [5.74, 6) is 0.0210. The van der Waals surface area contributed by atoms with Crippen molar-refractivity contribution in [2.45, 2.75) is 13.1 Å². The van der Waals surface area contributed by atoms with Crippen LogP contribution < -0.4 is 10.2 Å². The van der Waals surface area contributed by atoms with Crippen molar-refractivity contribution in [1.82, 2.24) is 5.32 Å². The van der Waals surface area contributed by atoms with Gasteiger partial charge in [-0.1, -0.05) is 36.4 Å². The number of para-hydroxylation sites is 1. The van der Waals surface area contributed by atoms with Gasteiger partial charge in [0, 0.05) is 12.2 Å². The molecule has 0 radical (unpaired) electrons. The van der Waals surface area contributed by atoms with Crippen molar-refractivity contribution in [3.8, 4) is 6.07 Å². The average molecular weight is 277 g/mol. The van der Waals surface area contributed by atoms with Gasteiger partial charge in [-0.25, -0.2) is 0 Å². The molecule has 1 aliphatic rings. The van der Waals surface area contributed by atoms with Gasteiger partial charge in [-0.05, 0) is 23.3 Å². The lowest BCUT2D eigenvalue weighted by molar-refractivity contribution is -0.117. The molecule has 0 aromatic heterocycles. The number of amides is 1. The van der Waals surface area contributed by atoms with Crippen molar-refractivity contribution in [2.24, 2.45) is 0 Å². The minimum Gasteiger partial charge on any atom is -0.307 e. The monoisotopic (exact) mass is 277 g/mol. The number of fused-ring (bicyclic) bond motifs is 1. The van der Waals surface area contributed by atoms with E-state index in [0.29, 0.717) is 25.2 Å². The Morgan fingerprint density at radius 3 is 2.71 bits per heavy atom. The highest BCUT2D eigenvalue weighted by Crippen LogP contribution is 2.25. The van der Waals surface area contributed by atoms with Crippen molar-refractivity contribution in [3.05, 3.63) is 65.2 Å². The van der Waals surface area contributed by atoms with Crippen LogP contribution in [0.25, 0.3) is 0 Å². The Kier molecular flexibility index (Phi) is 3.67. The van der Waals surface area contributed by atoms with E-state index in [1.54, 1.807) is 11.0 Å². The van der Waals surface area contributed by atoms with Gasteiger partial charge >= 0.3 is 0 Å². The summed E-state index contributed by atoms with van der Waals surface area (Å²) in [7, 11) is 0. The molecule has 3 rings (SSSR count). The lowest BCUT2D eigenvalue weighted by Crippen LogP contribution is -2.35. The highest BCUT2D eigenvalue weighted by Gasteiger charge is 2.22. The van der Waals surface area contributed by atoms with Crippen LogP contribution in [0.5, 0.6) is 0 Å². The van der Waals surface area contributed by atoms with E-state index in [1.165, 1.54) is 0 Å². The lowest BCUT2D eigenvalue weighted by Gasteiger charge is -2.23. The summed E-state index contributed by atoms with van der Waals surface area (Å²) in [6.07, 6.45) is 0. The minimum atomic E-state index is 0.0210. The van der Waals surface area contributed by atoms with Crippen LogP contribution in [-0.4, -0.2) is 12.5 Å². The second-order valence-corrected chi connectivity index (χ2v) is 4.98. The number of nitrogens with one attached hydrogen (secondary N) is 1. The van der Waals surface area contributed by atoms with E-state index in [2.05, 4.69) is 11.4 Å².